The minimum atomic E-state index is 0.836. The van der Waals surface area contributed by atoms with E-state index in [1.807, 2.05) is 6.92 Å². The molecule has 1 N–H and O–H groups in total. The highest BCUT2D eigenvalue weighted by molar-refractivity contribution is 4.73. The smallest absolute Gasteiger partial charge is 0.0590 e. The third kappa shape index (κ3) is 5.53. The monoisotopic (exact) mass is 213 g/mol. The predicted octanol–water partition coefficient (Wildman–Crippen LogP) is 2.83. The SMILES string of the molecule is CCOCCNCC1CCCC(CC)C1. The third-order valence-corrected chi connectivity index (χ3v) is 3.53. The van der Waals surface area contributed by atoms with Gasteiger partial charge in [0.25, 0.3) is 0 Å². The molecule has 0 bridgehead atoms. The van der Waals surface area contributed by atoms with Crippen LogP contribution in [0.1, 0.15) is 46.0 Å². The molecule has 0 heterocycles. The fourth-order valence-electron chi connectivity index (χ4n) is 2.55. The molecule has 2 unspecified atom stereocenters. The molecule has 15 heavy (non-hydrogen) atoms. The molecule has 2 heteroatoms. The van der Waals surface area contributed by atoms with Crippen molar-refractivity contribution in [3.63, 3.8) is 0 Å². The van der Waals surface area contributed by atoms with Crippen molar-refractivity contribution >= 4 is 0 Å². The summed E-state index contributed by atoms with van der Waals surface area (Å²) >= 11 is 0. The van der Waals surface area contributed by atoms with Crippen LogP contribution in [-0.2, 0) is 4.74 Å². The van der Waals surface area contributed by atoms with Crippen LogP contribution in [0.4, 0.5) is 0 Å². The van der Waals surface area contributed by atoms with E-state index >= 15 is 0 Å². The second-order valence-electron chi connectivity index (χ2n) is 4.71. The van der Waals surface area contributed by atoms with E-state index in [9.17, 15) is 0 Å². The van der Waals surface area contributed by atoms with Gasteiger partial charge >= 0.3 is 0 Å². The highest BCUT2D eigenvalue weighted by atomic mass is 16.5. The lowest BCUT2D eigenvalue weighted by molar-refractivity contribution is 0.146. The molecular weight excluding hydrogens is 186 g/mol. The summed E-state index contributed by atoms with van der Waals surface area (Å²) < 4.78 is 5.30. The van der Waals surface area contributed by atoms with E-state index in [1.54, 1.807) is 0 Å². The van der Waals surface area contributed by atoms with Crippen molar-refractivity contribution in [2.75, 3.05) is 26.3 Å². The molecule has 2 nitrogen and oxygen atoms in total. The molecular formula is C13H27NO. The standard InChI is InChI=1S/C13H27NO/c1-3-12-6-5-7-13(10-12)11-14-8-9-15-4-2/h12-14H,3-11H2,1-2H3. The van der Waals surface area contributed by atoms with Gasteiger partial charge in [0.2, 0.25) is 0 Å². The van der Waals surface area contributed by atoms with Gasteiger partial charge in [-0.15, -0.1) is 0 Å². The van der Waals surface area contributed by atoms with E-state index in [4.69, 9.17) is 4.74 Å². The minimum Gasteiger partial charge on any atom is -0.380 e. The van der Waals surface area contributed by atoms with Gasteiger partial charge in [-0.1, -0.05) is 26.2 Å². The number of nitrogens with one attached hydrogen (secondary N) is 1. The Kier molecular flexibility index (Phi) is 7.03. The second kappa shape index (κ2) is 8.12. The molecule has 0 aromatic heterocycles. The van der Waals surface area contributed by atoms with Crippen molar-refractivity contribution in [3.8, 4) is 0 Å². The Morgan fingerprint density at radius 3 is 2.73 bits per heavy atom. The summed E-state index contributed by atoms with van der Waals surface area (Å²) in [5, 5.41) is 3.51. The lowest BCUT2D eigenvalue weighted by atomic mass is 9.80. The van der Waals surface area contributed by atoms with Gasteiger partial charge < -0.3 is 10.1 Å². The normalized spacial score (nSPS) is 26.8. The first-order chi connectivity index (χ1) is 7.36. The van der Waals surface area contributed by atoms with Crippen LogP contribution in [0, 0.1) is 11.8 Å². The molecule has 0 radical (unpaired) electrons. The molecule has 0 aromatic carbocycles. The summed E-state index contributed by atoms with van der Waals surface area (Å²) in [5.41, 5.74) is 0. The lowest BCUT2D eigenvalue weighted by Crippen LogP contribution is -2.29. The molecule has 1 saturated carbocycles. The van der Waals surface area contributed by atoms with E-state index < -0.39 is 0 Å². The molecule has 2 atom stereocenters. The summed E-state index contributed by atoms with van der Waals surface area (Å²) in [6.45, 7) is 8.29. The predicted molar refractivity (Wildman–Crippen MR) is 65.1 cm³/mol. The summed E-state index contributed by atoms with van der Waals surface area (Å²) in [7, 11) is 0. The number of hydrogen-bond acceptors (Lipinski definition) is 2. The van der Waals surface area contributed by atoms with Crippen LogP contribution >= 0.6 is 0 Å². The van der Waals surface area contributed by atoms with Gasteiger partial charge in [0.15, 0.2) is 0 Å². The summed E-state index contributed by atoms with van der Waals surface area (Å²) in [4.78, 5) is 0. The maximum Gasteiger partial charge on any atom is 0.0590 e. The van der Waals surface area contributed by atoms with Crippen molar-refractivity contribution in [2.45, 2.75) is 46.0 Å². The summed E-state index contributed by atoms with van der Waals surface area (Å²) in [6, 6.07) is 0. The molecule has 0 saturated heterocycles. The third-order valence-electron chi connectivity index (χ3n) is 3.53. The van der Waals surface area contributed by atoms with Gasteiger partial charge in [-0.2, -0.15) is 0 Å². The van der Waals surface area contributed by atoms with Gasteiger partial charge in [-0.25, -0.2) is 0 Å². The van der Waals surface area contributed by atoms with E-state index in [2.05, 4.69) is 12.2 Å². The van der Waals surface area contributed by atoms with E-state index in [0.717, 1.165) is 31.6 Å². The zero-order valence-electron chi connectivity index (χ0n) is 10.4. The fourth-order valence-corrected chi connectivity index (χ4v) is 2.55. The first kappa shape index (κ1) is 13.0. The Balaban J connectivity index is 2.00. The van der Waals surface area contributed by atoms with E-state index in [1.165, 1.54) is 38.6 Å². The molecule has 0 spiro atoms. The van der Waals surface area contributed by atoms with Crippen molar-refractivity contribution in [2.24, 2.45) is 11.8 Å². The van der Waals surface area contributed by atoms with Crippen LogP contribution in [0.2, 0.25) is 0 Å². The molecule has 90 valence electrons. The van der Waals surface area contributed by atoms with Gasteiger partial charge in [-0.3, -0.25) is 0 Å². The van der Waals surface area contributed by atoms with Crippen molar-refractivity contribution in [1.82, 2.24) is 5.32 Å². The largest absolute Gasteiger partial charge is 0.380 e. The number of hydrogen-bond donors (Lipinski definition) is 1. The molecule has 0 aliphatic heterocycles. The highest BCUT2D eigenvalue weighted by Crippen LogP contribution is 2.30. The highest BCUT2D eigenvalue weighted by Gasteiger charge is 2.19. The van der Waals surface area contributed by atoms with Crippen LogP contribution in [0.25, 0.3) is 0 Å². The molecule has 0 aromatic rings. The van der Waals surface area contributed by atoms with Gasteiger partial charge in [-0.05, 0) is 38.1 Å². The van der Waals surface area contributed by atoms with Crippen LogP contribution in [0.15, 0.2) is 0 Å². The number of rotatable bonds is 7. The zero-order valence-corrected chi connectivity index (χ0v) is 10.4. The van der Waals surface area contributed by atoms with Crippen molar-refractivity contribution < 1.29 is 4.74 Å². The van der Waals surface area contributed by atoms with E-state index in [-0.39, 0.29) is 0 Å². The van der Waals surface area contributed by atoms with Gasteiger partial charge in [0, 0.05) is 13.2 Å². The molecule has 0 amide bonds. The summed E-state index contributed by atoms with van der Waals surface area (Å²) in [5.74, 6) is 1.92. The van der Waals surface area contributed by atoms with Gasteiger partial charge in [0.1, 0.15) is 0 Å². The molecule has 1 aliphatic carbocycles. The van der Waals surface area contributed by atoms with Crippen LogP contribution in [0.3, 0.4) is 0 Å². The van der Waals surface area contributed by atoms with Gasteiger partial charge in [0.05, 0.1) is 6.61 Å². The topological polar surface area (TPSA) is 21.3 Å². The Labute approximate surface area is 94.8 Å². The van der Waals surface area contributed by atoms with Crippen molar-refractivity contribution in [3.05, 3.63) is 0 Å². The average Bonchev–Trinajstić information content (AvgIpc) is 2.29. The maximum absolute atomic E-state index is 5.30. The number of ether oxygens (including phenoxy) is 1. The first-order valence-corrected chi connectivity index (χ1v) is 6.65. The Morgan fingerprint density at radius 2 is 2.00 bits per heavy atom. The van der Waals surface area contributed by atoms with Crippen molar-refractivity contribution in [1.29, 1.82) is 0 Å². The Bertz CT molecular complexity index is 149. The maximum atomic E-state index is 5.30. The van der Waals surface area contributed by atoms with E-state index in [0.29, 0.717) is 0 Å². The fraction of sp³-hybridized carbons (Fsp3) is 1.00. The minimum absolute atomic E-state index is 0.836. The molecule has 1 rings (SSSR count). The quantitative estimate of drug-likeness (QED) is 0.657. The molecule has 1 fully saturated rings. The summed E-state index contributed by atoms with van der Waals surface area (Å²) in [6.07, 6.45) is 7.15. The Morgan fingerprint density at radius 1 is 1.20 bits per heavy atom. The van der Waals surface area contributed by atoms with Crippen LogP contribution in [-0.4, -0.2) is 26.3 Å². The molecule has 1 aliphatic rings. The lowest BCUT2D eigenvalue weighted by Gasteiger charge is -2.28. The Hall–Kier alpha value is -0.0800. The van der Waals surface area contributed by atoms with Crippen LogP contribution in [0.5, 0.6) is 0 Å². The average molecular weight is 213 g/mol. The van der Waals surface area contributed by atoms with Crippen LogP contribution < -0.4 is 5.32 Å². The first-order valence-electron chi connectivity index (χ1n) is 6.65. The second-order valence-corrected chi connectivity index (χ2v) is 4.71. The zero-order chi connectivity index (χ0) is 10.9.